The molecule has 1 aliphatic heterocycles. The summed E-state index contributed by atoms with van der Waals surface area (Å²) < 4.78 is 38.6. The van der Waals surface area contributed by atoms with E-state index >= 15 is 0 Å². The number of hydrogen-bond donors (Lipinski definition) is 0. The minimum absolute atomic E-state index is 0.174. The predicted octanol–water partition coefficient (Wildman–Crippen LogP) is 3.56. The molecule has 2 rings (SSSR count). The summed E-state index contributed by atoms with van der Waals surface area (Å²) in [6.45, 7) is 6.14. The Hall–Kier alpha value is -1.38. The zero-order valence-electron chi connectivity index (χ0n) is 15.1. The van der Waals surface area contributed by atoms with E-state index in [4.69, 9.17) is 9.47 Å². The fourth-order valence-electron chi connectivity index (χ4n) is 2.76. The zero-order valence-corrected chi connectivity index (χ0v) is 17.5. The number of aryl methyl sites for hydroxylation is 1. The summed E-state index contributed by atoms with van der Waals surface area (Å²) in [5, 5.41) is 0. The molecule has 1 heterocycles. The van der Waals surface area contributed by atoms with Crippen molar-refractivity contribution >= 4 is 31.9 Å². The normalized spacial score (nSPS) is 20.6. The quantitative estimate of drug-likeness (QED) is 0.599. The molecule has 0 aliphatic carbocycles. The summed E-state index contributed by atoms with van der Waals surface area (Å²) >= 11 is 3.42. The van der Waals surface area contributed by atoms with Crippen molar-refractivity contribution < 1.29 is 22.7 Å². The van der Waals surface area contributed by atoms with Gasteiger partial charge in [0.05, 0.1) is 17.9 Å². The Morgan fingerprint density at radius 2 is 1.88 bits per heavy atom. The molecular formula is C18H24BrNO5S. The molecule has 2 atom stereocenters. The molecule has 1 aromatic carbocycles. The van der Waals surface area contributed by atoms with E-state index in [1.54, 1.807) is 31.2 Å². The molecule has 0 saturated heterocycles. The van der Waals surface area contributed by atoms with Gasteiger partial charge in [-0.25, -0.2) is 12.7 Å². The number of sulfonamides is 1. The number of nitrogens with zero attached hydrogens (tertiary/aromatic N) is 1. The van der Waals surface area contributed by atoms with Gasteiger partial charge in [0.2, 0.25) is 0 Å². The summed E-state index contributed by atoms with van der Waals surface area (Å²) in [6, 6.07) is 6.68. The van der Waals surface area contributed by atoms with Crippen LogP contribution in [0.2, 0.25) is 0 Å². The summed E-state index contributed by atoms with van der Waals surface area (Å²) in [7, 11) is -3.76. The standard InChI is InChI=1S/C18H24BrNO5S/c1-4-24-17-10-14(11-18(21)25-5-2)16(19)12-20(17)26(22,23)15-8-6-13(3)7-9-15/h6-9,12,14,17H,4-5,10-11H2,1-3H3/t14-,17+/m1/s1. The average Bonchev–Trinajstić information content (AvgIpc) is 2.58. The van der Waals surface area contributed by atoms with Gasteiger partial charge in [-0.15, -0.1) is 0 Å². The second kappa shape index (κ2) is 9.01. The lowest BCUT2D eigenvalue weighted by atomic mass is 9.98. The molecule has 1 aliphatic rings. The van der Waals surface area contributed by atoms with Crippen molar-refractivity contribution in [2.75, 3.05) is 13.2 Å². The maximum absolute atomic E-state index is 13.0. The van der Waals surface area contributed by atoms with Crippen LogP contribution < -0.4 is 0 Å². The lowest BCUT2D eigenvalue weighted by molar-refractivity contribution is -0.144. The predicted molar refractivity (Wildman–Crippen MR) is 102 cm³/mol. The molecule has 0 amide bonds. The highest BCUT2D eigenvalue weighted by molar-refractivity contribution is 9.11. The first-order valence-corrected chi connectivity index (χ1v) is 10.8. The molecule has 0 N–H and O–H groups in total. The zero-order chi connectivity index (χ0) is 19.3. The molecule has 0 fully saturated rings. The summed E-state index contributed by atoms with van der Waals surface area (Å²) in [5.74, 6) is -0.497. The monoisotopic (exact) mass is 445 g/mol. The third-order valence-corrected chi connectivity index (χ3v) is 6.70. The molecule has 8 heteroatoms. The molecule has 0 radical (unpaired) electrons. The van der Waals surface area contributed by atoms with E-state index in [1.165, 1.54) is 10.5 Å². The Bertz CT molecular complexity index is 760. The van der Waals surface area contributed by atoms with Gasteiger partial charge in [0.1, 0.15) is 6.23 Å². The largest absolute Gasteiger partial charge is 0.466 e. The Morgan fingerprint density at radius 3 is 2.46 bits per heavy atom. The van der Waals surface area contributed by atoms with E-state index in [0.717, 1.165) is 5.56 Å². The molecule has 6 nitrogen and oxygen atoms in total. The van der Waals surface area contributed by atoms with Crippen molar-refractivity contribution in [2.45, 2.75) is 44.7 Å². The number of hydrogen-bond acceptors (Lipinski definition) is 5. The maximum atomic E-state index is 13.0. The van der Waals surface area contributed by atoms with E-state index in [0.29, 0.717) is 24.1 Å². The highest BCUT2D eigenvalue weighted by atomic mass is 79.9. The van der Waals surface area contributed by atoms with Crippen LogP contribution in [0, 0.1) is 12.8 Å². The number of rotatable bonds is 7. The second-order valence-electron chi connectivity index (χ2n) is 6.01. The smallest absolute Gasteiger partial charge is 0.306 e. The van der Waals surface area contributed by atoms with Crippen LogP contribution in [0.25, 0.3) is 0 Å². The van der Waals surface area contributed by atoms with E-state index < -0.39 is 16.3 Å². The fraction of sp³-hybridized carbons (Fsp3) is 0.500. The first-order valence-electron chi connectivity index (χ1n) is 8.54. The van der Waals surface area contributed by atoms with Crippen LogP contribution in [0.3, 0.4) is 0 Å². The van der Waals surface area contributed by atoms with E-state index in [-0.39, 0.29) is 23.2 Å². The first kappa shape index (κ1) is 20.9. The molecule has 0 aromatic heterocycles. The summed E-state index contributed by atoms with van der Waals surface area (Å²) in [6.07, 6.45) is 1.37. The molecule has 0 spiro atoms. The van der Waals surface area contributed by atoms with Crippen molar-refractivity contribution in [3.63, 3.8) is 0 Å². The van der Waals surface area contributed by atoms with Crippen LogP contribution >= 0.6 is 15.9 Å². The third kappa shape index (κ3) is 4.86. The first-order chi connectivity index (χ1) is 12.3. The maximum Gasteiger partial charge on any atom is 0.306 e. The summed E-state index contributed by atoms with van der Waals surface area (Å²) in [5.41, 5.74) is 0.982. The number of allylic oxidation sites excluding steroid dienone is 1. The van der Waals surface area contributed by atoms with Crippen molar-refractivity contribution in [2.24, 2.45) is 5.92 Å². The van der Waals surface area contributed by atoms with E-state index in [2.05, 4.69) is 15.9 Å². The minimum Gasteiger partial charge on any atom is -0.466 e. The Kier molecular flexibility index (Phi) is 7.25. The number of carbonyl (C=O) groups is 1. The van der Waals surface area contributed by atoms with Gasteiger partial charge < -0.3 is 9.47 Å². The molecule has 0 unspecified atom stereocenters. The van der Waals surface area contributed by atoms with Crippen molar-refractivity contribution in [3.05, 3.63) is 40.5 Å². The number of benzene rings is 1. The molecular weight excluding hydrogens is 422 g/mol. The minimum atomic E-state index is -3.76. The SMILES string of the molecule is CCOC(=O)C[C@H]1C[C@H](OCC)N(S(=O)(=O)c2ccc(C)cc2)C=C1Br. The van der Waals surface area contributed by atoms with Crippen molar-refractivity contribution in [3.8, 4) is 0 Å². The Morgan fingerprint density at radius 1 is 1.23 bits per heavy atom. The molecule has 0 bridgehead atoms. The Labute approximate surface area is 163 Å². The topological polar surface area (TPSA) is 72.9 Å². The fourth-order valence-corrected chi connectivity index (χ4v) is 4.90. The molecule has 1 aromatic rings. The van der Waals surface area contributed by atoms with Gasteiger partial charge >= 0.3 is 5.97 Å². The van der Waals surface area contributed by atoms with Crippen LogP contribution in [0.4, 0.5) is 0 Å². The van der Waals surface area contributed by atoms with Crippen LogP contribution in [0.1, 0.15) is 32.3 Å². The highest BCUT2D eigenvalue weighted by Gasteiger charge is 2.37. The number of carbonyl (C=O) groups excluding carboxylic acids is 1. The highest BCUT2D eigenvalue weighted by Crippen LogP contribution is 2.36. The van der Waals surface area contributed by atoms with Crippen LogP contribution in [0.5, 0.6) is 0 Å². The molecule has 144 valence electrons. The van der Waals surface area contributed by atoms with Gasteiger partial charge in [0, 0.05) is 29.6 Å². The van der Waals surface area contributed by atoms with Crippen LogP contribution in [-0.4, -0.2) is 38.1 Å². The number of ether oxygens (including phenoxy) is 2. The van der Waals surface area contributed by atoms with Gasteiger partial charge in [0.25, 0.3) is 10.0 Å². The van der Waals surface area contributed by atoms with Crippen LogP contribution in [0.15, 0.2) is 39.8 Å². The molecule has 26 heavy (non-hydrogen) atoms. The van der Waals surface area contributed by atoms with Gasteiger partial charge in [-0.05, 0) is 32.9 Å². The number of halogens is 1. The lowest BCUT2D eigenvalue weighted by Crippen LogP contribution is -2.42. The third-order valence-electron chi connectivity index (χ3n) is 4.08. The lowest BCUT2D eigenvalue weighted by Gasteiger charge is -2.36. The summed E-state index contributed by atoms with van der Waals surface area (Å²) in [4.78, 5) is 12.0. The Balaban J connectivity index is 2.32. The van der Waals surface area contributed by atoms with Gasteiger partial charge in [-0.3, -0.25) is 4.79 Å². The van der Waals surface area contributed by atoms with E-state index in [1.807, 2.05) is 13.8 Å². The number of esters is 1. The van der Waals surface area contributed by atoms with Gasteiger partial charge in [-0.1, -0.05) is 33.6 Å². The molecule has 0 saturated carbocycles. The average molecular weight is 446 g/mol. The van der Waals surface area contributed by atoms with Crippen molar-refractivity contribution in [1.82, 2.24) is 4.31 Å². The second-order valence-corrected chi connectivity index (χ2v) is 8.77. The van der Waals surface area contributed by atoms with Crippen molar-refractivity contribution in [1.29, 1.82) is 0 Å². The van der Waals surface area contributed by atoms with Gasteiger partial charge in [0.15, 0.2) is 0 Å². The van der Waals surface area contributed by atoms with Crippen LogP contribution in [-0.2, 0) is 24.3 Å². The van der Waals surface area contributed by atoms with Gasteiger partial charge in [-0.2, -0.15) is 0 Å². The van der Waals surface area contributed by atoms with E-state index in [9.17, 15) is 13.2 Å².